The van der Waals surface area contributed by atoms with E-state index in [1.54, 1.807) is 35.2 Å². The Bertz CT molecular complexity index is 1410. The van der Waals surface area contributed by atoms with E-state index in [-0.39, 0.29) is 30.8 Å². The number of carbonyl (C=O) groups excluding carboxylic acids is 2. The lowest BCUT2D eigenvalue weighted by Gasteiger charge is -2.24. The molecular formula is C30H25FN2O4. The van der Waals surface area contributed by atoms with Gasteiger partial charge in [0.2, 0.25) is 12.7 Å². The molecule has 0 aromatic heterocycles. The Labute approximate surface area is 214 Å². The van der Waals surface area contributed by atoms with Crippen LogP contribution in [-0.4, -0.2) is 18.6 Å². The fraction of sp³-hybridized carbons (Fsp3) is 0.133. The van der Waals surface area contributed by atoms with Crippen molar-refractivity contribution in [2.75, 3.05) is 11.7 Å². The number of nitrogens with zero attached hydrogens (tertiary/aromatic N) is 1. The number of hydrogen-bond donors (Lipinski definition) is 1. The highest BCUT2D eigenvalue weighted by Crippen LogP contribution is 2.33. The van der Waals surface area contributed by atoms with Crippen LogP contribution in [0.3, 0.4) is 0 Å². The number of carbonyl (C=O) groups is 2. The molecule has 4 aromatic carbocycles. The van der Waals surface area contributed by atoms with Gasteiger partial charge in [-0.05, 0) is 59.2 Å². The molecule has 5 rings (SSSR count). The van der Waals surface area contributed by atoms with Crippen molar-refractivity contribution in [1.82, 2.24) is 5.32 Å². The van der Waals surface area contributed by atoms with Crippen LogP contribution in [-0.2, 0) is 24.3 Å². The van der Waals surface area contributed by atoms with Gasteiger partial charge in [-0.1, -0.05) is 54.6 Å². The van der Waals surface area contributed by atoms with Gasteiger partial charge in [0, 0.05) is 17.8 Å². The highest BCUT2D eigenvalue weighted by atomic mass is 19.1. The first-order valence-electron chi connectivity index (χ1n) is 11.9. The molecule has 0 atom stereocenters. The summed E-state index contributed by atoms with van der Waals surface area (Å²) in [6, 6.07) is 28.3. The van der Waals surface area contributed by atoms with Gasteiger partial charge in [-0.25, -0.2) is 4.39 Å². The van der Waals surface area contributed by atoms with Gasteiger partial charge in [0.25, 0.3) is 5.91 Å². The lowest BCUT2D eigenvalue weighted by Crippen LogP contribution is -2.30. The third-order valence-electron chi connectivity index (χ3n) is 6.04. The van der Waals surface area contributed by atoms with Crippen LogP contribution in [0, 0.1) is 5.82 Å². The molecule has 6 nitrogen and oxygen atoms in total. The first kappa shape index (κ1) is 24.1. The largest absolute Gasteiger partial charge is 0.454 e. The smallest absolute Gasteiger partial charge is 0.258 e. The summed E-state index contributed by atoms with van der Waals surface area (Å²) in [6.07, 6.45) is 0.145. The molecule has 4 aromatic rings. The van der Waals surface area contributed by atoms with Gasteiger partial charge in [-0.15, -0.1) is 0 Å². The Hall–Kier alpha value is -4.65. The molecule has 0 radical (unpaired) electrons. The van der Waals surface area contributed by atoms with E-state index in [1.165, 1.54) is 12.1 Å². The molecular weight excluding hydrogens is 471 g/mol. The summed E-state index contributed by atoms with van der Waals surface area (Å²) in [5, 5.41) is 2.86. The van der Waals surface area contributed by atoms with Gasteiger partial charge < -0.3 is 19.7 Å². The van der Waals surface area contributed by atoms with Crippen molar-refractivity contribution in [3.63, 3.8) is 0 Å². The zero-order chi connectivity index (χ0) is 25.6. The van der Waals surface area contributed by atoms with Gasteiger partial charge in [-0.3, -0.25) is 9.59 Å². The molecule has 1 aliphatic heterocycles. The summed E-state index contributed by atoms with van der Waals surface area (Å²) in [5.74, 6) is 0.470. The monoisotopic (exact) mass is 496 g/mol. The topological polar surface area (TPSA) is 67.9 Å². The summed E-state index contributed by atoms with van der Waals surface area (Å²) < 4.78 is 23.9. The summed E-state index contributed by atoms with van der Waals surface area (Å²) in [5.41, 5.74) is 3.70. The minimum Gasteiger partial charge on any atom is -0.454 e. The maximum absolute atomic E-state index is 13.7. The molecule has 0 bridgehead atoms. The van der Waals surface area contributed by atoms with Gasteiger partial charge in [-0.2, -0.15) is 0 Å². The van der Waals surface area contributed by atoms with Crippen LogP contribution in [0.25, 0.3) is 0 Å². The van der Waals surface area contributed by atoms with Crippen molar-refractivity contribution in [3.05, 3.63) is 125 Å². The second-order valence-electron chi connectivity index (χ2n) is 8.69. The number of nitrogens with one attached hydrogen (secondary N) is 1. The number of amides is 2. The number of halogens is 1. The summed E-state index contributed by atoms with van der Waals surface area (Å²) >= 11 is 0. The second kappa shape index (κ2) is 11.0. The van der Waals surface area contributed by atoms with E-state index in [0.717, 1.165) is 16.7 Å². The highest BCUT2D eigenvalue weighted by molar-refractivity contribution is 6.06. The van der Waals surface area contributed by atoms with Crippen LogP contribution in [0.5, 0.6) is 11.5 Å². The van der Waals surface area contributed by atoms with Crippen molar-refractivity contribution in [2.24, 2.45) is 0 Å². The molecule has 0 saturated heterocycles. The minimum absolute atomic E-state index is 0.131. The first-order valence-corrected chi connectivity index (χ1v) is 11.9. The van der Waals surface area contributed by atoms with Crippen LogP contribution in [0.2, 0.25) is 0 Å². The molecule has 1 aliphatic rings. The summed E-state index contributed by atoms with van der Waals surface area (Å²) in [7, 11) is 0. The molecule has 0 spiro atoms. The quantitative estimate of drug-likeness (QED) is 0.361. The lowest BCUT2D eigenvalue weighted by molar-refractivity contribution is -0.120. The molecule has 1 heterocycles. The average Bonchev–Trinajstić information content (AvgIpc) is 3.40. The van der Waals surface area contributed by atoms with E-state index in [4.69, 9.17) is 9.47 Å². The molecule has 1 N–H and O–H groups in total. The molecule has 2 amide bonds. The van der Waals surface area contributed by atoms with Gasteiger partial charge in [0.1, 0.15) is 5.82 Å². The van der Waals surface area contributed by atoms with Crippen molar-refractivity contribution < 1.29 is 23.5 Å². The number of ether oxygens (including phenoxy) is 2. The van der Waals surface area contributed by atoms with Gasteiger partial charge >= 0.3 is 0 Å². The SMILES string of the molecule is O=C(Cc1cccc(N(Cc2ccccc2)C(=O)c2ccc3c(c2)OCO3)c1)NCc1ccc(F)cc1. The van der Waals surface area contributed by atoms with E-state index in [1.807, 2.05) is 54.6 Å². The Morgan fingerprint density at radius 3 is 2.35 bits per heavy atom. The molecule has 37 heavy (non-hydrogen) atoms. The summed E-state index contributed by atoms with van der Waals surface area (Å²) in [4.78, 5) is 28.0. The zero-order valence-electron chi connectivity index (χ0n) is 20.0. The van der Waals surface area contributed by atoms with E-state index in [0.29, 0.717) is 35.8 Å². The maximum atomic E-state index is 13.7. The third kappa shape index (κ3) is 5.95. The van der Waals surface area contributed by atoms with Crippen LogP contribution in [0.4, 0.5) is 10.1 Å². The number of hydrogen-bond acceptors (Lipinski definition) is 4. The Balaban J connectivity index is 1.35. The van der Waals surface area contributed by atoms with E-state index < -0.39 is 0 Å². The number of rotatable bonds is 8. The predicted molar refractivity (Wildman–Crippen MR) is 138 cm³/mol. The second-order valence-corrected chi connectivity index (χ2v) is 8.69. The van der Waals surface area contributed by atoms with Crippen LogP contribution in [0.1, 0.15) is 27.0 Å². The Morgan fingerprint density at radius 2 is 1.54 bits per heavy atom. The number of benzene rings is 4. The zero-order valence-corrected chi connectivity index (χ0v) is 20.0. The molecule has 0 fully saturated rings. The van der Waals surface area contributed by atoms with Crippen LogP contribution < -0.4 is 19.7 Å². The Kier molecular flexibility index (Phi) is 7.12. The van der Waals surface area contributed by atoms with Crippen LogP contribution >= 0.6 is 0 Å². The first-order chi connectivity index (χ1) is 18.0. The van der Waals surface area contributed by atoms with Gasteiger partial charge in [0.15, 0.2) is 11.5 Å². The standard InChI is InChI=1S/C30H25FN2O4/c31-25-12-9-21(10-13-25)18-32-29(34)16-23-7-4-8-26(15-23)33(19-22-5-2-1-3-6-22)30(35)24-11-14-27-28(17-24)37-20-36-27/h1-15,17H,16,18-20H2,(H,32,34). The fourth-order valence-electron chi connectivity index (χ4n) is 4.12. The lowest BCUT2D eigenvalue weighted by atomic mass is 10.1. The van der Waals surface area contributed by atoms with E-state index in [2.05, 4.69) is 5.32 Å². The molecule has 0 aliphatic carbocycles. The Morgan fingerprint density at radius 1 is 0.784 bits per heavy atom. The molecule has 0 unspecified atom stereocenters. The summed E-state index contributed by atoms with van der Waals surface area (Å²) in [6.45, 7) is 0.793. The number of anilines is 1. The van der Waals surface area contributed by atoms with Crippen molar-refractivity contribution in [2.45, 2.75) is 19.5 Å². The number of fused-ring (bicyclic) bond motifs is 1. The molecule has 7 heteroatoms. The van der Waals surface area contributed by atoms with Crippen molar-refractivity contribution in [1.29, 1.82) is 0 Å². The van der Waals surface area contributed by atoms with Crippen molar-refractivity contribution >= 4 is 17.5 Å². The van der Waals surface area contributed by atoms with E-state index >= 15 is 0 Å². The normalized spacial score (nSPS) is 11.7. The average molecular weight is 497 g/mol. The van der Waals surface area contributed by atoms with Crippen LogP contribution in [0.15, 0.2) is 97.1 Å². The third-order valence-corrected chi connectivity index (χ3v) is 6.04. The van der Waals surface area contributed by atoms with Gasteiger partial charge in [0.05, 0.1) is 13.0 Å². The van der Waals surface area contributed by atoms with E-state index in [9.17, 15) is 14.0 Å². The van der Waals surface area contributed by atoms with Crippen molar-refractivity contribution in [3.8, 4) is 11.5 Å². The maximum Gasteiger partial charge on any atom is 0.258 e. The predicted octanol–water partition coefficient (Wildman–Crippen LogP) is 5.26. The fourth-order valence-corrected chi connectivity index (χ4v) is 4.12. The minimum atomic E-state index is -0.317. The molecule has 0 saturated carbocycles. The molecule has 186 valence electrons. The highest BCUT2D eigenvalue weighted by Gasteiger charge is 2.22.